The first-order valence-electron chi connectivity index (χ1n) is 8.81. The molecule has 1 N–H and O–H groups in total. The van der Waals surface area contributed by atoms with E-state index in [1.54, 1.807) is 36.2 Å². The average molecular weight is 399 g/mol. The molecule has 9 heteroatoms. The van der Waals surface area contributed by atoms with Crippen molar-refractivity contribution in [2.24, 2.45) is 0 Å². The van der Waals surface area contributed by atoms with Gasteiger partial charge >= 0.3 is 0 Å². The Morgan fingerprint density at radius 3 is 2.57 bits per heavy atom. The molecule has 0 atom stereocenters. The highest BCUT2D eigenvalue weighted by Crippen LogP contribution is 2.21. The van der Waals surface area contributed by atoms with E-state index in [0.29, 0.717) is 43.1 Å². The lowest BCUT2D eigenvalue weighted by Gasteiger charge is -2.36. The van der Waals surface area contributed by atoms with Gasteiger partial charge in [0.15, 0.2) is 0 Å². The zero-order valence-corrected chi connectivity index (χ0v) is 16.5. The van der Waals surface area contributed by atoms with Crippen LogP contribution in [0.2, 0.25) is 0 Å². The monoisotopic (exact) mass is 399 g/mol. The Morgan fingerprint density at radius 1 is 1.21 bits per heavy atom. The fraction of sp³-hybridized carbons (Fsp3) is 0.316. The van der Waals surface area contributed by atoms with Crippen LogP contribution in [0.4, 0.5) is 5.82 Å². The number of benzene rings is 1. The SMILES string of the molecule is CNS(=O)(=O)c1ccc(C)c(C(=O)N2CCN(c3ncccc3C#N)CC2)c1. The molecule has 0 unspecified atom stereocenters. The van der Waals surface area contributed by atoms with Crippen LogP contribution in [0.25, 0.3) is 0 Å². The first-order valence-corrected chi connectivity index (χ1v) is 10.3. The number of aromatic nitrogens is 1. The summed E-state index contributed by atoms with van der Waals surface area (Å²) in [4.78, 5) is 21.0. The van der Waals surface area contributed by atoms with Crippen LogP contribution in [-0.2, 0) is 10.0 Å². The van der Waals surface area contributed by atoms with Gasteiger partial charge in [-0.25, -0.2) is 18.1 Å². The zero-order chi connectivity index (χ0) is 20.3. The van der Waals surface area contributed by atoms with Gasteiger partial charge in [-0.15, -0.1) is 0 Å². The van der Waals surface area contributed by atoms with Crippen molar-refractivity contribution in [1.29, 1.82) is 5.26 Å². The predicted octanol–water partition coefficient (Wildman–Crippen LogP) is 1.13. The van der Waals surface area contributed by atoms with E-state index in [-0.39, 0.29) is 10.8 Å². The molecule has 1 amide bonds. The standard InChI is InChI=1S/C19H21N5O3S/c1-14-5-6-16(28(26,27)21-2)12-17(14)19(25)24-10-8-23(9-11-24)18-15(13-20)4-3-7-22-18/h3-7,12,21H,8-11H2,1-2H3. The van der Waals surface area contributed by atoms with E-state index in [4.69, 9.17) is 0 Å². The van der Waals surface area contributed by atoms with Crippen LogP contribution in [0.15, 0.2) is 41.4 Å². The third-order valence-corrected chi connectivity index (χ3v) is 6.20. The summed E-state index contributed by atoms with van der Waals surface area (Å²) in [6, 6.07) is 10.1. The number of piperazine rings is 1. The van der Waals surface area contributed by atoms with E-state index >= 15 is 0 Å². The number of anilines is 1. The fourth-order valence-electron chi connectivity index (χ4n) is 3.14. The number of hydrogen-bond donors (Lipinski definition) is 1. The maximum atomic E-state index is 13.0. The smallest absolute Gasteiger partial charge is 0.254 e. The van der Waals surface area contributed by atoms with Gasteiger partial charge in [-0.2, -0.15) is 5.26 Å². The van der Waals surface area contributed by atoms with Crippen molar-refractivity contribution < 1.29 is 13.2 Å². The van der Waals surface area contributed by atoms with Crippen LogP contribution in [-0.4, -0.2) is 57.4 Å². The van der Waals surface area contributed by atoms with Crippen LogP contribution in [0.5, 0.6) is 0 Å². The minimum absolute atomic E-state index is 0.0646. The van der Waals surface area contributed by atoms with Gasteiger partial charge in [0, 0.05) is 37.9 Å². The second-order valence-electron chi connectivity index (χ2n) is 6.45. The number of nitriles is 1. The van der Waals surface area contributed by atoms with E-state index in [0.717, 1.165) is 5.56 Å². The Kier molecular flexibility index (Phi) is 5.63. The highest BCUT2D eigenvalue weighted by Gasteiger charge is 2.26. The highest BCUT2D eigenvalue weighted by atomic mass is 32.2. The minimum atomic E-state index is -3.62. The molecule has 0 spiro atoms. The molecular formula is C19H21N5O3S. The first kappa shape index (κ1) is 19.8. The minimum Gasteiger partial charge on any atom is -0.352 e. The van der Waals surface area contributed by atoms with Gasteiger partial charge in [-0.1, -0.05) is 6.07 Å². The molecule has 3 rings (SSSR count). The second kappa shape index (κ2) is 7.96. The topological polar surface area (TPSA) is 106 Å². The molecule has 0 aliphatic carbocycles. The van der Waals surface area contributed by atoms with E-state index in [2.05, 4.69) is 15.8 Å². The summed E-state index contributed by atoms with van der Waals surface area (Å²) < 4.78 is 26.4. The molecule has 28 heavy (non-hydrogen) atoms. The Balaban J connectivity index is 1.77. The lowest BCUT2D eigenvalue weighted by molar-refractivity contribution is 0.0745. The molecule has 1 fully saturated rings. The number of hydrogen-bond acceptors (Lipinski definition) is 6. The van der Waals surface area contributed by atoms with Gasteiger partial charge in [-0.05, 0) is 43.8 Å². The highest BCUT2D eigenvalue weighted by molar-refractivity contribution is 7.89. The molecule has 1 aliphatic heterocycles. The predicted molar refractivity (Wildman–Crippen MR) is 104 cm³/mol. The molecule has 2 heterocycles. The van der Waals surface area contributed by atoms with E-state index < -0.39 is 10.0 Å². The number of pyridine rings is 1. The van der Waals surface area contributed by atoms with Crippen LogP contribution in [0.3, 0.4) is 0 Å². The van der Waals surface area contributed by atoms with Crippen LogP contribution in [0, 0.1) is 18.3 Å². The maximum Gasteiger partial charge on any atom is 0.254 e. The van der Waals surface area contributed by atoms with Crippen molar-refractivity contribution in [3.05, 3.63) is 53.2 Å². The van der Waals surface area contributed by atoms with Crippen molar-refractivity contribution in [3.63, 3.8) is 0 Å². The van der Waals surface area contributed by atoms with Crippen LogP contribution >= 0.6 is 0 Å². The van der Waals surface area contributed by atoms with Crippen LogP contribution < -0.4 is 9.62 Å². The maximum absolute atomic E-state index is 13.0. The van der Waals surface area contributed by atoms with Crippen molar-refractivity contribution in [3.8, 4) is 6.07 Å². The van der Waals surface area contributed by atoms with E-state index in [1.807, 2.05) is 4.90 Å². The van der Waals surface area contributed by atoms with Crippen molar-refractivity contribution in [1.82, 2.24) is 14.6 Å². The third kappa shape index (κ3) is 3.83. The molecule has 146 valence electrons. The van der Waals surface area contributed by atoms with Gasteiger partial charge in [0.1, 0.15) is 11.9 Å². The first-order chi connectivity index (χ1) is 13.4. The number of rotatable bonds is 4. The molecule has 1 aliphatic rings. The normalized spacial score (nSPS) is 14.6. The molecule has 0 radical (unpaired) electrons. The number of amides is 1. The molecule has 1 aromatic heterocycles. The Morgan fingerprint density at radius 2 is 1.93 bits per heavy atom. The number of nitrogens with one attached hydrogen (secondary N) is 1. The molecular weight excluding hydrogens is 378 g/mol. The molecule has 8 nitrogen and oxygen atoms in total. The van der Waals surface area contributed by atoms with Gasteiger partial charge in [0.05, 0.1) is 10.5 Å². The Hall–Kier alpha value is -2.96. The average Bonchev–Trinajstić information content (AvgIpc) is 2.73. The number of sulfonamides is 1. The zero-order valence-electron chi connectivity index (χ0n) is 15.7. The van der Waals surface area contributed by atoms with Crippen LogP contribution in [0.1, 0.15) is 21.5 Å². The summed E-state index contributed by atoms with van der Waals surface area (Å²) in [6.45, 7) is 3.80. The van der Waals surface area contributed by atoms with Gasteiger partial charge in [-0.3, -0.25) is 4.79 Å². The summed E-state index contributed by atoms with van der Waals surface area (Å²) >= 11 is 0. The fourth-order valence-corrected chi connectivity index (χ4v) is 3.90. The van der Waals surface area contributed by atoms with E-state index in [9.17, 15) is 18.5 Å². The Bertz CT molecular complexity index is 1040. The number of carbonyl (C=O) groups excluding carboxylic acids is 1. The lowest BCUT2D eigenvalue weighted by Crippen LogP contribution is -2.49. The molecule has 0 bridgehead atoms. The summed E-state index contributed by atoms with van der Waals surface area (Å²) in [5, 5.41) is 9.25. The summed E-state index contributed by atoms with van der Waals surface area (Å²) in [6.07, 6.45) is 1.64. The lowest BCUT2D eigenvalue weighted by atomic mass is 10.1. The number of aryl methyl sites for hydroxylation is 1. The molecule has 1 aromatic carbocycles. The largest absolute Gasteiger partial charge is 0.352 e. The summed E-state index contributed by atoms with van der Waals surface area (Å²) in [7, 11) is -2.29. The van der Waals surface area contributed by atoms with Gasteiger partial charge in [0.2, 0.25) is 10.0 Å². The van der Waals surface area contributed by atoms with Gasteiger partial charge < -0.3 is 9.80 Å². The third-order valence-electron chi connectivity index (χ3n) is 4.79. The van der Waals surface area contributed by atoms with Crippen molar-refractivity contribution in [2.75, 3.05) is 38.1 Å². The quantitative estimate of drug-likeness (QED) is 0.826. The molecule has 0 saturated carbocycles. The molecule has 1 saturated heterocycles. The van der Waals surface area contributed by atoms with Gasteiger partial charge in [0.25, 0.3) is 5.91 Å². The summed E-state index contributed by atoms with van der Waals surface area (Å²) in [5.41, 5.74) is 1.60. The number of carbonyl (C=O) groups is 1. The molecule has 2 aromatic rings. The Labute approximate surface area is 164 Å². The second-order valence-corrected chi connectivity index (χ2v) is 8.34. The number of nitrogens with zero attached hydrogens (tertiary/aromatic N) is 4. The summed E-state index contributed by atoms with van der Waals surface area (Å²) in [5.74, 6) is 0.419. The van der Waals surface area contributed by atoms with Crippen molar-refractivity contribution >= 4 is 21.7 Å². The van der Waals surface area contributed by atoms with Crippen molar-refractivity contribution in [2.45, 2.75) is 11.8 Å². The van der Waals surface area contributed by atoms with E-state index in [1.165, 1.54) is 19.2 Å².